The molecule has 0 saturated carbocycles. The third kappa shape index (κ3) is 10.5. The van der Waals surface area contributed by atoms with Crippen LogP contribution in [0.2, 0.25) is 0 Å². The molecule has 252 valence electrons. The Morgan fingerprint density at radius 1 is 0.750 bits per heavy atom. The molecule has 0 bridgehead atoms. The number of carboxylic acid groups (broad SMARTS) is 1. The van der Waals surface area contributed by atoms with E-state index in [1.165, 1.54) is 32.6 Å². The number of hydrogen-bond acceptors (Lipinski definition) is 6. The van der Waals surface area contributed by atoms with E-state index in [1.807, 2.05) is 60.7 Å². The summed E-state index contributed by atoms with van der Waals surface area (Å²) in [4.78, 5) is 46.7. The Labute approximate surface area is 283 Å². The second-order valence-electron chi connectivity index (χ2n) is 12.4. The van der Waals surface area contributed by atoms with Gasteiger partial charge in [0.1, 0.15) is 17.8 Å². The summed E-state index contributed by atoms with van der Waals surface area (Å²) >= 11 is 0. The topological polar surface area (TPSA) is 131 Å². The average Bonchev–Trinajstić information content (AvgIpc) is 3.10. The monoisotopic (exact) mass is 650 g/mol. The van der Waals surface area contributed by atoms with Gasteiger partial charge < -0.3 is 20.5 Å². The number of nitrogens with zero attached hydrogens (tertiary/aromatic N) is 2. The van der Waals surface area contributed by atoms with Crippen molar-refractivity contribution in [3.05, 3.63) is 102 Å². The third-order valence-electron chi connectivity index (χ3n) is 8.20. The number of aromatic nitrogens is 2. The predicted molar refractivity (Wildman–Crippen MR) is 188 cm³/mol. The fourth-order valence-electron chi connectivity index (χ4n) is 5.14. The molecule has 0 aliphatic heterocycles. The second kappa shape index (κ2) is 17.8. The zero-order chi connectivity index (χ0) is 34.5. The van der Waals surface area contributed by atoms with Crippen LogP contribution in [0.5, 0.6) is 5.75 Å². The molecule has 0 spiro atoms. The molecule has 1 heterocycles. The number of hydrogen-bond donors (Lipinski definition) is 3. The van der Waals surface area contributed by atoms with Gasteiger partial charge >= 0.3 is 5.97 Å². The quantitative estimate of drug-likeness (QED) is 0.103. The largest absolute Gasteiger partial charge is 0.494 e. The van der Waals surface area contributed by atoms with Crippen LogP contribution in [0.25, 0.3) is 22.5 Å². The van der Waals surface area contributed by atoms with E-state index in [1.54, 1.807) is 24.5 Å². The fourth-order valence-corrected chi connectivity index (χ4v) is 5.14. The van der Waals surface area contributed by atoms with E-state index >= 15 is 0 Å². The maximum atomic E-state index is 13.1. The highest BCUT2D eigenvalue weighted by Crippen LogP contribution is 2.24. The van der Waals surface area contributed by atoms with Crippen LogP contribution >= 0.6 is 0 Å². The summed E-state index contributed by atoms with van der Waals surface area (Å²) in [5.74, 6) is -0.446. The smallest absolute Gasteiger partial charge is 0.325 e. The van der Waals surface area contributed by atoms with Crippen LogP contribution in [0.1, 0.15) is 87.2 Å². The number of carboxylic acids is 1. The maximum Gasteiger partial charge on any atom is 0.325 e. The van der Waals surface area contributed by atoms with E-state index in [-0.39, 0.29) is 6.42 Å². The molecular formula is C39H46N4O5. The van der Waals surface area contributed by atoms with Gasteiger partial charge in [0.05, 0.1) is 6.61 Å². The number of benzene rings is 3. The van der Waals surface area contributed by atoms with Gasteiger partial charge in [0.15, 0.2) is 5.82 Å². The minimum atomic E-state index is -1.16. The van der Waals surface area contributed by atoms with Gasteiger partial charge in [0.2, 0.25) is 5.91 Å². The van der Waals surface area contributed by atoms with Crippen molar-refractivity contribution in [3.63, 3.8) is 0 Å². The Hall–Kier alpha value is -5.05. The molecule has 2 atom stereocenters. The molecule has 4 aromatic rings. The van der Waals surface area contributed by atoms with E-state index in [9.17, 15) is 19.5 Å². The van der Waals surface area contributed by atoms with Crippen LogP contribution in [-0.4, -0.2) is 51.5 Å². The lowest BCUT2D eigenvalue weighted by Crippen LogP contribution is -2.51. The van der Waals surface area contributed by atoms with Gasteiger partial charge in [-0.25, -0.2) is 9.97 Å². The van der Waals surface area contributed by atoms with Gasteiger partial charge in [0.25, 0.3) is 5.91 Å². The number of unbranched alkanes of at least 4 members (excludes halogenated alkanes) is 4. The van der Waals surface area contributed by atoms with Crippen LogP contribution in [0.3, 0.4) is 0 Å². The number of nitrogens with one attached hydrogen (secondary N) is 2. The lowest BCUT2D eigenvalue weighted by atomic mass is 10.0. The summed E-state index contributed by atoms with van der Waals surface area (Å²) in [6.45, 7) is 8.45. The Morgan fingerprint density at radius 3 is 1.98 bits per heavy atom. The van der Waals surface area contributed by atoms with Crippen LogP contribution in [-0.2, 0) is 16.0 Å². The van der Waals surface area contributed by atoms with Crippen LogP contribution in [0.15, 0.2) is 85.2 Å². The second-order valence-corrected chi connectivity index (χ2v) is 12.4. The molecule has 0 saturated heterocycles. The van der Waals surface area contributed by atoms with Gasteiger partial charge in [-0.3, -0.25) is 14.4 Å². The molecule has 3 N–H and O–H groups in total. The van der Waals surface area contributed by atoms with Crippen molar-refractivity contribution in [1.82, 2.24) is 20.6 Å². The van der Waals surface area contributed by atoms with Crippen LogP contribution in [0, 0.1) is 0 Å². The summed E-state index contributed by atoms with van der Waals surface area (Å²) in [6.07, 6.45) is 9.74. The first-order valence-corrected chi connectivity index (χ1v) is 16.7. The highest BCUT2D eigenvalue weighted by Gasteiger charge is 2.25. The normalized spacial score (nSPS) is 12.3. The van der Waals surface area contributed by atoms with Gasteiger partial charge in [-0.15, -0.1) is 0 Å². The van der Waals surface area contributed by atoms with Gasteiger partial charge in [-0.1, -0.05) is 95.0 Å². The van der Waals surface area contributed by atoms with Crippen LogP contribution < -0.4 is 15.4 Å². The van der Waals surface area contributed by atoms with Crippen molar-refractivity contribution in [2.45, 2.75) is 84.2 Å². The number of aliphatic carboxylic acids is 1. The number of carbonyl (C=O) groups is 3. The Kier molecular flexibility index (Phi) is 13.2. The van der Waals surface area contributed by atoms with Crippen molar-refractivity contribution >= 4 is 17.8 Å². The summed E-state index contributed by atoms with van der Waals surface area (Å²) in [7, 11) is 0. The van der Waals surface area contributed by atoms with Gasteiger partial charge in [-0.2, -0.15) is 0 Å². The van der Waals surface area contributed by atoms with Crippen molar-refractivity contribution in [3.8, 4) is 28.3 Å². The summed E-state index contributed by atoms with van der Waals surface area (Å²) in [5.41, 5.74) is 4.96. The first-order valence-electron chi connectivity index (χ1n) is 16.7. The third-order valence-corrected chi connectivity index (χ3v) is 8.20. The maximum absolute atomic E-state index is 13.1. The van der Waals surface area contributed by atoms with E-state index < -0.39 is 29.9 Å². The van der Waals surface area contributed by atoms with Crippen LogP contribution in [0.4, 0.5) is 0 Å². The molecule has 0 unspecified atom stereocenters. The van der Waals surface area contributed by atoms with Crippen molar-refractivity contribution in [2.24, 2.45) is 0 Å². The summed E-state index contributed by atoms with van der Waals surface area (Å²) in [6, 6.07) is 20.5. The van der Waals surface area contributed by atoms with Crippen molar-refractivity contribution in [1.29, 1.82) is 0 Å². The molecule has 48 heavy (non-hydrogen) atoms. The van der Waals surface area contributed by atoms with E-state index in [0.29, 0.717) is 17.3 Å². The molecule has 2 amide bonds. The molecule has 9 nitrogen and oxygen atoms in total. The number of ether oxygens (including phenoxy) is 1. The molecule has 0 aliphatic carbocycles. The Balaban J connectivity index is 1.39. The minimum absolute atomic E-state index is 0.159. The molecule has 4 rings (SSSR count). The molecule has 9 heteroatoms. The van der Waals surface area contributed by atoms with Crippen molar-refractivity contribution in [2.75, 3.05) is 6.61 Å². The molecule has 3 aromatic carbocycles. The zero-order valence-corrected chi connectivity index (χ0v) is 28.2. The molecule has 0 radical (unpaired) electrons. The first-order chi connectivity index (χ1) is 23.1. The first kappa shape index (κ1) is 35.8. The summed E-state index contributed by atoms with van der Waals surface area (Å²) < 4.78 is 5.88. The predicted octanol–water partition coefficient (Wildman–Crippen LogP) is 7.21. The zero-order valence-electron chi connectivity index (χ0n) is 28.2. The van der Waals surface area contributed by atoms with Gasteiger partial charge in [-0.05, 0) is 60.2 Å². The molecule has 0 aliphatic rings. The standard InChI is InChI=1S/C39H46N4O5/c1-5-6-7-8-9-22-48-34-20-18-30(19-21-34)33-24-40-36(41-25-33)31-12-10-28(11-13-31)23-35(38(45)42-27(4)39(46)47)43-37(44)32-16-14-29(15-17-32)26(2)3/h10-21,24-27,35H,5-9,22-23H2,1-4H3,(H,42,45)(H,43,44)(H,46,47)/t27-,35+/m1/s1. The van der Waals surface area contributed by atoms with E-state index in [2.05, 4.69) is 41.4 Å². The molecule has 0 fully saturated rings. The summed E-state index contributed by atoms with van der Waals surface area (Å²) in [5, 5.41) is 14.6. The highest BCUT2D eigenvalue weighted by atomic mass is 16.5. The Bertz CT molecular complexity index is 1620. The lowest BCUT2D eigenvalue weighted by molar-refractivity contribution is -0.141. The lowest BCUT2D eigenvalue weighted by Gasteiger charge is -2.20. The van der Waals surface area contributed by atoms with E-state index in [0.717, 1.165) is 46.6 Å². The number of amides is 2. The van der Waals surface area contributed by atoms with Crippen molar-refractivity contribution < 1.29 is 24.2 Å². The number of carbonyl (C=O) groups excluding carboxylic acids is 2. The fraction of sp³-hybridized carbons (Fsp3) is 0.359. The van der Waals surface area contributed by atoms with E-state index in [4.69, 9.17) is 4.74 Å². The minimum Gasteiger partial charge on any atom is -0.494 e. The average molecular weight is 651 g/mol. The number of rotatable bonds is 17. The molecular weight excluding hydrogens is 604 g/mol. The highest BCUT2D eigenvalue weighted by molar-refractivity contribution is 5.98. The molecule has 1 aromatic heterocycles. The van der Waals surface area contributed by atoms with Gasteiger partial charge in [0, 0.05) is 35.5 Å². The Morgan fingerprint density at radius 2 is 1.38 bits per heavy atom. The SMILES string of the molecule is CCCCCCCOc1ccc(-c2cnc(-c3ccc(C[C@H](NC(=O)c4ccc(C(C)C)cc4)C(=O)N[C@H](C)C(=O)O)cc3)nc2)cc1.